The van der Waals surface area contributed by atoms with E-state index in [1.165, 1.54) is 0 Å². The molecule has 108 valence electrons. The van der Waals surface area contributed by atoms with Crippen LogP contribution in [0.1, 0.15) is 25.3 Å². The summed E-state index contributed by atoms with van der Waals surface area (Å²) < 4.78 is 0. The number of hydrazone groups is 1. The Morgan fingerprint density at radius 3 is 2.71 bits per heavy atom. The minimum Gasteiger partial charge on any atom is -0.265 e. The first kappa shape index (κ1) is 14.1. The number of benzene rings is 1. The summed E-state index contributed by atoms with van der Waals surface area (Å²) >= 11 is 5.96. The molecule has 0 aliphatic carbocycles. The van der Waals surface area contributed by atoms with E-state index in [-0.39, 0.29) is 0 Å². The van der Waals surface area contributed by atoms with Gasteiger partial charge in [0.1, 0.15) is 0 Å². The van der Waals surface area contributed by atoms with Crippen LogP contribution in [0.15, 0.2) is 53.9 Å². The fraction of sp³-hybridized carbons (Fsp3) is 0.294. The van der Waals surface area contributed by atoms with Crippen molar-refractivity contribution in [2.45, 2.75) is 19.8 Å². The zero-order valence-electron chi connectivity index (χ0n) is 12.0. The van der Waals surface area contributed by atoms with E-state index in [0.717, 1.165) is 41.4 Å². The van der Waals surface area contributed by atoms with E-state index in [1.54, 1.807) is 6.20 Å². The Balaban J connectivity index is 1.91. The lowest BCUT2D eigenvalue weighted by molar-refractivity contribution is 0.631. The molecule has 0 spiro atoms. The molecule has 0 saturated carbocycles. The molecular formula is C17H18ClN3. The Kier molecular flexibility index (Phi) is 4.20. The van der Waals surface area contributed by atoms with Crippen molar-refractivity contribution in [1.29, 1.82) is 0 Å². The van der Waals surface area contributed by atoms with Crippen LogP contribution in [-0.2, 0) is 0 Å². The molecule has 2 heterocycles. The normalized spacial score (nSPS) is 17.9. The number of rotatable bonds is 4. The summed E-state index contributed by atoms with van der Waals surface area (Å²) in [5, 5.41) is 7.64. The molecule has 3 rings (SSSR count). The van der Waals surface area contributed by atoms with Gasteiger partial charge in [0.2, 0.25) is 0 Å². The second-order valence-corrected chi connectivity index (χ2v) is 5.71. The topological polar surface area (TPSA) is 28.5 Å². The van der Waals surface area contributed by atoms with Gasteiger partial charge in [0, 0.05) is 28.9 Å². The maximum Gasteiger partial charge on any atom is 0.0746 e. The summed E-state index contributed by atoms with van der Waals surface area (Å²) in [7, 11) is 0. The quantitative estimate of drug-likeness (QED) is 0.838. The van der Waals surface area contributed by atoms with Crippen molar-refractivity contribution in [1.82, 2.24) is 4.98 Å². The first-order valence-electron chi connectivity index (χ1n) is 7.30. The van der Waals surface area contributed by atoms with E-state index in [4.69, 9.17) is 16.7 Å². The first-order valence-corrected chi connectivity index (χ1v) is 7.67. The fourth-order valence-corrected chi connectivity index (χ4v) is 2.83. The van der Waals surface area contributed by atoms with Crippen molar-refractivity contribution < 1.29 is 0 Å². The molecule has 1 unspecified atom stereocenters. The van der Waals surface area contributed by atoms with E-state index < -0.39 is 0 Å². The zero-order chi connectivity index (χ0) is 14.7. The summed E-state index contributed by atoms with van der Waals surface area (Å²) in [6.07, 6.45) is 5.98. The third kappa shape index (κ3) is 3.08. The van der Waals surface area contributed by atoms with Gasteiger partial charge in [0.05, 0.1) is 17.9 Å². The minimum absolute atomic E-state index is 0.454. The highest BCUT2D eigenvalue weighted by Gasteiger charge is 2.27. The first-order chi connectivity index (χ1) is 10.3. The molecule has 0 saturated heterocycles. The highest BCUT2D eigenvalue weighted by molar-refractivity contribution is 6.30. The standard InChI is InChI=1S/C17H18ClN3/c1-2-4-14-12-21(16-8-6-15(18)7-9-16)20-17(14)13-5-3-10-19-11-13/h3,5-11,14H,2,4,12H2,1H3. The van der Waals surface area contributed by atoms with Crippen LogP contribution in [0.5, 0.6) is 0 Å². The summed E-state index contributed by atoms with van der Waals surface area (Å²) in [4.78, 5) is 4.22. The average Bonchev–Trinajstić information content (AvgIpc) is 2.93. The molecule has 0 fully saturated rings. The Morgan fingerprint density at radius 1 is 1.24 bits per heavy atom. The van der Waals surface area contributed by atoms with Crippen molar-refractivity contribution in [2.75, 3.05) is 11.6 Å². The lowest BCUT2D eigenvalue weighted by Gasteiger charge is -2.15. The molecular weight excluding hydrogens is 282 g/mol. The second kappa shape index (κ2) is 6.27. The predicted octanol–water partition coefficient (Wildman–Crippen LogP) is 4.38. The van der Waals surface area contributed by atoms with E-state index in [9.17, 15) is 0 Å². The lowest BCUT2D eigenvalue weighted by Crippen LogP contribution is -2.19. The number of hydrogen-bond donors (Lipinski definition) is 0. The largest absolute Gasteiger partial charge is 0.265 e. The molecule has 0 amide bonds. The smallest absolute Gasteiger partial charge is 0.0746 e. The van der Waals surface area contributed by atoms with Crippen LogP contribution in [0.2, 0.25) is 5.02 Å². The van der Waals surface area contributed by atoms with Crippen LogP contribution < -0.4 is 5.01 Å². The number of anilines is 1. The molecule has 1 aromatic carbocycles. The van der Waals surface area contributed by atoms with Crippen molar-refractivity contribution in [3.63, 3.8) is 0 Å². The van der Waals surface area contributed by atoms with Gasteiger partial charge in [-0.2, -0.15) is 5.10 Å². The van der Waals surface area contributed by atoms with Gasteiger partial charge in [0.25, 0.3) is 0 Å². The summed E-state index contributed by atoms with van der Waals surface area (Å²) in [5.74, 6) is 0.454. The van der Waals surface area contributed by atoms with Gasteiger partial charge in [-0.25, -0.2) is 0 Å². The van der Waals surface area contributed by atoms with Gasteiger partial charge in [-0.15, -0.1) is 0 Å². The molecule has 1 aliphatic rings. The third-order valence-corrected chi connectivity index (χ3v) is 3.98. The van der Waals surface area contributed by atoms with Crippen molar-refractivity contribution >= 4 is 23.0 Å². The van der Waals surface area contributed by atoms with Gasteiger partial charge >= 0.3 is 0 Å². The number of nitrogens with zero attached hydrogens (tertiary/aromatic N) is 3. The molecule has 1 atom stereocenters. The van der Waals surface area contributed by atoms with Gasteiger partial charge < -0.3 is 0 Å². The monoisotopic (exact) mass is 299 g/mol. The Labute approximate surface area is 130 Å². The molecule has 4 heteroatoms. The van der Waals surface area contributed by atoms with Crippen LogP contribution in [0.25, 0.3) is 0 Å². The van der Waals surface area contributed by atoms with Gasteiger partial charge in [-0.05, 0) is 42.8 Å². The lowest BCUT2D eigenvalue weighted by atomic mass is 9.94. The predicted molar refractivity (Wildman–Crippen MR) is 88.0 cm³/mol. The molecule has 2 aromatic rings. The SMILES string of the molecule is CCCC1CN(c2ccc(Cl)cc2)N=C1c1cccnc1. The van der Waals surface area contributed by atoms with Gasteiger partial charge in [-0.1, -0.05) is 24.9 Å². The van der Waals surface area contributed by atoms with Crippen molar-refractivity contribution in [3.05, 3.63) is 59.4 Å². The van der Waals surface area contributed by atoms with Gasteiger partial charge in [0.15, 0.2) is 0 Å². The average molecular weight is 300 g/mol. The van der Waals surface area contributed by atoms with E-state index in [1.807, 2.05) is 36.5 Å². The van der Waals surface area contributed by atoms with Crippen molar-refractivity contribution in [3.8, 4) is 0 Å². The van der Waals surface area contributed by atoms with E-state index in [0.29, 0.717) is 5.92 Å². The highest BCUT2D eigenvalue weighted by Crippen LogP contribution is 2.28. The van der Waals surface area contributed by atoms with Gasteiger partial charge in [-0.3, -0.25) is 9.99 Å². The maximum atomic E-state index is 5.96. The van der Waals surface area contributed by atoms with E-state index in [2.05, 4.69) is 23.0 Å². The number of halogens is 1. The van der Waals surface area contributed by atoms with Crippen LogP contribution in [0.3, 0.4) is 0 Å². The van der Waals surface area contributed by atoms with E-state index >= 15 is 0 Å². The molecule has 0 bridgehead atoms. The summed E-state index contributed by atoms with van der Waals surface area (Å²) in [6, 6.07) is 11.9. The van der Waals surface area contributed by atoms with Crippen LogP contribution in [0.4, 0.5) is 5.69 Å². The fourth-order valence-electron chi connectivity index (χ4n) is 2.71. The number of hydrogen-bond acceptors (Lipinski definition) is 3. The molecule has 1 aromatic heterocycles. The Hall–Kier alpha value is -1.87. The molecule has 3 nitrogen and oxygen atoms in total. The van der Waals surface area contributed by atoms with Crippen LogP contribution >= 0.6 is 11.6 Å². The van der Waals surface area contributed by atoms with Crippen molar-refractivity contribution in [2.24, 2.45) is 11.0 Å². The summed E-state index contributed by atoms with van der Waals surface area (Å²) in [6.45, 7) is 3.13. The highest BCUT2D eigenvalue weighted by atomic mass is 35.5. The Morgan fingerprint density at radius 2 is 2.05 bits per heavy atom. The second-order valence-electron chi connectivity index (χ2n) is 5.27. The van der Waals surface area contributed by atoms with Crippen LogP contribution in [0, 0.1) is 5.92 Å². The number of pyridine rings is 1. The molecule has 0 radical (unpaired) electrons. The third-order valence-electron chi connectivity index (χ3n) is 3.73. The minimum atomic E-state index is 0.454. The number of aromatic nitrogens is 1. The van der Waals surface area contributed by atoms with Crippen LogP contribution in [-0.4, -0.2) is 17.2 Å². The Bertz CT molecular complexity index is 622. The molecule has 21 heavy (non-hydrogen) atoms. The zero-order valence-corrected chi connectivity index (χ0v) is 12.8. The maximum absolute atomic E-state index is 5.96. The summed E-state index contributed by atoms with van der Waals surface area (Å²) in [5.41, 5.74) is 3.34. The molecule has 0 N–H and O–H groups in total. The molecule has 1 aliphatic heterocycles.